The standard InChI is InChI=1S/C16H20N2O2/c1-19-13-2-3-14-12(10-13)4-5-18(14)16-11-15(16)17-6-8-20-9-7-17/h2-5,10,15-16H,6-9,11H2,1H3. The number of nitrogens with zero attached hydrogens (tertiary/aromatic N) is 2. The summed E-state index contributed by atoms with van der Waals surface area (Å²) in [6.07, 6.45) is 3.48. The molecule has 1 saturated heterocycles. The average Bonchev–Trinajstić information content (AvgIpc) is 3.20. The topological polar surface area (TPSA) is 26.6 Å². The maximum atomic E-state index is 5.44. The van der Waals surface area contributed by atoms with Crippen LogP contribution in [0.25, 0.3) is 10.9 Å². The Bertz CT molecular complexity index is 616. The van der Waals surface area contributed by atoms with Crippen molar-refractivity contribution in [2.24, 2.45) is 0 Å². The van der Waals surface area contributed by atoms with Crippen molar-refractivity contribution in [3.05, 3.63) is 30.5 Å². The maximum absolute atomic E-state index is 5.44. The van der Waals surface area contributed by atoms with Crippen molar-refractivity contribution in [3.63, 3.8) is 0 Å². The molecule has 0 radical (unpaired) electrons. The number of benzene rings is 1. The van der Waals surface area contributed by atoms with Gasteiger partial charge in [0.05, 0.1) is 26.4 Å². The van der Waals surface area contributed by atoms with E-state index in [1.165, 1.54) is 17.3 Å². The van der Waals surface area contributed by atoms with Crippen molar-refractivity contribution in [2.75, 3.05) is 33.4 Å². The minimum Gasteiger partial charge on any atom is -0.497 e. The largest absolute Gasteiger partial charge is 0.497 e. The van der Waals surface area contributed by atoms with Crippen LogP contribution in [0, 0.1) is 0 Å². The Hall–Kier alpha value is -1.52. The lowest BCUT2D eigenvalue weighted by molar-refractivity contribution is 0.0320. The number of fused-ring (bicyclic) bond motifs is 1. The number of aromatic nitrogens is 1. The predicted octanol–water partition coefficient (Wildman–Crippen LogP) is 2.30. The Morgan fingerprint density at radius 3 is 2.80 bits per heavy atom. The summed E-state index contributed by atoms with van der Waals surface area (Å²) in [4.78, 5) is 2.57. The summed E-state index contributed by atoms with van der Waals surface area (Å²) >= 11 is 0. The van der Waals surface area contributed by atoms with E-state index in [-0.39, 0.29) is 0 Å². The fourth-order valence-corrected chi connectivity index (χ4v) is 3.33. The molecule has 2 atom stereocenters. The molecule has 2 unspecified atom stereocenters. The van der Waals surface area contributed by atoms with Gasteiger partial charge in [0.1, 0.15) is 5.75 Å². The highest BCUT2D eigenvalue weighted by Gasteiger charge is 2.43. The molecule has 2 fully saturated rings. The Kier molecular flexibility index (Phi) is 2.93. The fraction of sp³-hybridized carbons (Fsp3) is 0.500. The van der Waals surface area contributed by atoms with Crippen LogP contribution in [0.2, 0.25) is 0 Å². The second-order valence-corrected chi connectivity index (χ2v) is 5.67. The maximum Gasteiger partial charge on any atom is 0.119 e. The highest BCUT2D eigenvalue weighted by atomic mass is 16.5. The molecule has 0 bridgehead atoms. The number of methoxy groups -OCH3 is 1. The van der Waals surface area contributed by atoms with Crippen molar-refractivity contribution in [3.8, 4) is 5.75 Å². The first kappa shape index (κ1) is 12.2. The molecule has 1 aliphatic heterocycles. The van der Waals surface area contributed by atoms with Gasteiger partial charge in [-0.15, -0.1) is 0 Å². The Morgan fingerprint density at radius 1 is 1.15 bits per heavy atom. The molecular weight excluding hydrogens is 252 g/mol. The molecule has 1 aromatic heterocycles. The molecule has 20 heavy (non-hydrogen) atoms. The minimum absolute atomic E-state index is 0.624. The first-order valence-corrected chi connectivity index (χ1v) is 7.33. The van der Waals surface area contributed by atoms with Crippen LogP contribution in [0.15, 0.2) is 30.5 Å². The van der Waals surface area contributed by atoms with E-state index in [1.807, 2.05) is 6.07 Å². The van der Waals surface area contributed by atoms with E-state index in [1.54, 1.807) is 7.11 Å². The van der Waals surface area contributed by atoms with Gasteiger partial charge in [-0.25, -0.2) is 0 Å². The Morgan fingerprint density at radius 2 is 2.00 bits per heavy atom. The van der Waals surface area contributed by atoms with Gasteiger partial charge in [0.25, 0.3) is 0 Å². The molecule has 0 spiro atoms. The molecular formula is C16H20N2O2. The molecule has 4 heteroatoms. The second-order valence-electron chi connectivity index (χ2n) is 5.67. The highest BCUT2D eigenvalue weighted by molar-refractivity contribution is 5.82. The second kappa shape index (κ2) is 4.79. The van der Waals surface area contributed by atoms with Crippen molar-refractivity contribution >= 4 is 10.9 Å². The molecule has 106 valence electrons. The van der Waals surface area contributed by atoms with Crippen LogP contribution in [0.4, 0.5) is 0 Å². The summed E-state index contributed by atoms with van der Waals surface area (Å²) in [7, 11) is 1.72. The third kappa shape index (κ3) is 2.00. The van der Waals surface area contributed by atoms with Crippen molar-refractivity contribution in [1.29, 1.82) is 0 Å². The SMILES string of the molecule is COc1ccc2c(ccn2C2CC2N2CCOCC2)c1. The fourth-order valence-electron chi connectivity index (χ4n) is 3.33. The van der Waals surface area contributed by atoms with Crippen LogP contribution in [0.3, 0.4) is 0 Å². The van der Waals surface area contributed by atoms with Crippen LogP contribution in [-0.4, -0.2) is 48.9 Å². The summed E-state index contributed by atoms with van der Waals surface area (Å²) < 4.78 is 13.2. The van der Waals surface area contributed by atoms with Crippen molar-refractivity contribution < 1.29 is 9.47 Å². The number of hydrogen-bond donors (Lipinski definition) is 0. The van der Waals surface area contributed by atoms with E-state index >= 15 is 0 Å². The van der Waals surface area contributed by atoms with Crippen LogP contribution in [0.1, 0.15) is 12.5 Å². The van der Waals surface area contributed by atoms with E-state index in [9.17, 15) is 0 Å². The molecule has 2 aliphatic rings. The van der Waals surface area contributed by atoms with E-state index in [4.69, 9.17) is 9.47 Å². The van der Waals surface area contributed by atoms with Crippen molar-refractivity contribution in [2.45, 2.75) is 18.5 Å². The molecule has 1 aliphatic carbocycles. The van der Waals surface area contributed by atoms with Gasteiger partial charge in [-0.05, 0) is 30.7 Å². The van der Waals surface area contributed by atoms with Gasteiger partial charge in [-0.2, -0.15) is 0 Å². The summed E-state index contributed by atoms with van der Waals surface area (Å²) in [6, 6.07) is 9.83. The zero-order chi connectivity index (χ0) is 13.5. The van der Waals surface area contributed by atoms with E-state index < -0.39 is 0 Å². The number of rotatable bonds is 3. The Balaban J connectivity index is 1.57. The lowest BCUT2D eigenvalue weighted by atomic mass is 10.2. The third-order valence-electron chi connectivity index (χ3n) is 4.52. The molecule has 2 heterocycles. The van der Waals surface area contributed by atoms with Gasteiger partial charge in [0.15, 0.2) is 0 Å². The minimum atomic E-state index is 0.624. The van der Waals surface area contributed by atoms with E-state index in [0.29, 0.717) is 12.1 Å². The average molecular weight is 272 g/mol. The molecule has 1 saturated carbocycles. The molecule has 1 aromatic carbocycles. The zero-order valence-corrected chi connectivity index (χ0v) is 11.8. The molecule has 2 aromatic rings. The van der Waals surface area contributed by atoms with Crippen LogP contribution >= 0.6 is 0 Å². The van der Waals surface area contributed by atoms with Gasteiger partial charge < -0.3 is 14.0 Å². The summed E-state index contributed by atoms with van der Waals surface area (Å²) in [5, 5.41) is 1.26. The van der Waals surface area contributed by atoms with Gasteiger partial charge in [-0.1, -0.05) is 0 Å². The lowest BCUT2D eigenvalue weighted by Crippen LogP contribution is -2.38. The first-order chi connectivity index (χ1) is 9.86. The summed E-state index contributed by atoms with van der Waals surface area (Å²) in [6.45, 7) is 3.92. The summed E-state index contributed by atoms with van der Waals surface area (Å²) in [5.41, 5.74) is 1.31. The normalized spacial score (nSPS) is 26.9. The zero-order valence-electron chi connectivity index (χ0n) is 11.8. The first-order valence-electron chi connectivity index (χ1n) is 7.33. The molecule has 4 rings (SSSR count). The highest BCUT2D eigenvalue weighted by Crippen LogP contribution is 2.43. The number of ether oxygens (including phenoxy) is 2. The lowest BCUT2D eigenvalue weighted by Gasteiger charge is -2.27. The number of hydrogen-bond acceptors (Lipinski definition) is 3. The Labute approximate surface area is 118 Å². The van der Waals surface area contributed by atoms with Gasteiger partial charge in [0.2, 0.25) is 0 Å². The van der Waals surface area contributed by atoms with Gasteiger partial charge in [0, 0.05) is 36.2 Å². The number of morpholine rings is 1. The predicted molar refractivity (Wildman–Crippen MR) is 78.3 cm³/mol. The quantitative estimate of drug-likeness (QED) is 0.857. The van der Waals surface area contributed by atoms with E-state index in [0.717, 1.165) is 32.1 Å². The third-order valence-corrected chi connectivity index (χ3v) is 4.52. The monoisotopic (exact) mass is 272 g/mol. The molecule has 0 amide bonds. The van der Waals surface area contributed by atoms with Crippen molar-refractivity contribution in [1.82, 2.24) is 9.47 Å². The van der Waals surface area contributed by atoms with Crippen LogP contribution in [-0.2, 0) is 4.74 Å². The van der Waals surface area contributed by atoms with Gasteiger partial charge >= 0.3 is 0 Å². The van der Waals surface area contributed by atoms with Gasteiger partial charge in [-0.3, -0.25) is 4.90 Å². The smallest absolute Gasteiger partial charge is 0.119 e. The molecule has 0 N–H and O–H groups in total. The van der Waals surface area contributed by atoms with E-state index in [2.05, 4.69) is 33.9 Å². The summed E-state index contributed by atoms with van der Waals surface area (Å²) in [5.74, 6) is 0.927. The van der Waals surface area contributed by atoms with Crippen LogP contribution in [0.5, 0.6) is 5.75 Å². The molecule has 4 nitrogen and oxygen atoms in total. The van der Waals surface area contributed by atoms with Crippen LogP contribution < -0.4 is 4.74 Å².